The summed E-state index contributed by atoms with van der Waals surface area (Å²) in [6, 6.07) is 9.91. The predicted molar refractivity (Wildman–Crippen MR) is 86.7 cm³/mol. The van der Waals surface area contributed by atoms with Crippen molar-refractivity contribution >= 4 is 29.0 Å². The van der Waals surface area contributed by atoms with Crippen LogP contribution in [0.15, 0.2) is 54.2 Å². The summed E-state index contributed by atoms with van der Waals surface area (Å²) in [6.07, 6.45) is 3.19. The molecule has 2 aromatic carbocycles. The molecule has 0 amide bonds. The fourth-order valence-corrected chi connectivity index (χ4v) is 2.51. The van der Waals surface area contributed by atoms with Crippen LogP contribution in [0.3, 0.4) is 0 Å². The monoisotopic (exact) mass is 326 g/mol. The van der Waals surface area contributed by atoms with E-state index in [1.54, 1.807) is 18.2 Å². The lowest BCUT2D eigenvalue weighted by atomic mass is 9.98. The number of nitro benzene ring substituents is 1. The number of allylic oxidation sites excluding steroid dienone is 1. The number of fused-ring (bicyclic) bond motifs is 1. The largest absolute Gasteiger partial charge is 0.478 e. The number of benzene rings is 2. The smallest absolute Gasteiger partial charge is 0.338 e. The third-order valence-corrected chi connectivity index (χ3v) is 3.57. The van der Waals surface area contributed by atoms with E-state index < -0.39 is 22.4 Å². The minimum atomic E-state index is -1.39. The van der Waals surface area contributed by atoms with Crippen molar-refractivity contribution in [2.45, 2.75) is 0 Å². The Kier molecular flexibility index (Phi) is 3.83. The van der Waals surface area contributed by atoms with E-state index in [9.17, 15) is 24.4 Å². The lowest BCUT2D eigenvalue weighted by molar-refractivity contribution is -0.385. The summed E-state index contributed by atoms with van der Waals surface area (Å²) in [4.78, 5) is 22.2. The van der Waals surface area contributed by atoms with Crippen molar-refractivity contribution in [3.8, 4) is 0 Å². The van der Waals surface area contributed by atoms with Gasteiger partial charge in [0.15, 0.2) is 0 Å². The van der Waals surface area contributed by atoms with E-state index in [-0.39, 0.29) is 16.8 Å². The summed E-state index contributed by atoms with van der Waals surface area (Å²) in [7, 11) is 0. The van der Waals surface area contributed by atoms with E-state index in [1.165, 1.54) is 6.08 Å². The Balaban J connectivity index is 2.22. The molecule has 0 unspecified atom stereocenters. The maximum atomic E-state index is 13.6. The first-order valence-corrected chi connectivity index (χ1v) is 6.93. The van der Waals surface area contributed by atoms with Gasteiger partial charge >= 0.3 is 5.97 Å². The average molecular weight is 326 g/mol. The number of nitrogens with zero attached hydrogens (tertiary/aromatic N) is 1. The van der Waals surface area contributed by atoms with Crippen molar-refractivity contribution in [3.05, 3.63) is 81.3 Å². The molecule has 0 saturated carbocycles. The zero-order valence-electron chi connectivity index (χ0n) is 12.2. The predicted octanol–water partition coefficient (Wildman–Crippen LogP) is 3.67. The van der Waals surface area contributed by atoms with Gasteiger partial charge in [-0.25, -0.2) is 9.18 Å². The number of anilines is 1. The maximum Gasteiger partial charge on any atom is 0.338 e. The first-order valence-electron chi connectivity index (χ1n) is 6.93. The Hall–Kier alpha value is -3.48. The third kappa shape index (κ3) is 2.74. The Morgan fingerprint density at radius 1 is 1.17 bits per heavy atom. The van der Waals surface area contributed by atoms with Crippen molar-refractivity contribution in [2.24, 2.45) is 0 Å². The Bertz CT molecular complexity index is 919. The molecule has 0 fully saturated rings. The van der Waals surface area contributed by atoms with E-state index in [0.29, 0.717) is 5.69 Å². The molecule has 6 nitrogen and oxygen atoms in total. The second-order valence-electron chi connectivity index (χ2n) is 5.06. The van der Waals surface area contributed by atoms with E-state index >= 15 is 0 Å². The first kappa shape index (κ1) is 15.4. The zero-order valence-corrected chi connectivity index (χ0v) is 12.2. The normalized spacial score (nSPS) is 14.5. The van der Waals surface area contributed by atoms with Crippen LogP contribution in [0.1, 0.15) is 11.1 Å². The number of hydrogen-bond acceptors (Lipinski definition) is 4. The van der Waals surface area contributed by atoms with E-state index in [2.05, 4.69) is 5.32 Å². The average Bonchev–Trinajstić information content (AvgIpc) is 2.54. The molecule has 0 spiro atoms. The van der Waals surface area contributed by atoms with Crippen LogP contribution in [-0.2, 0) is 4.79 Å². The van der Waals surface area contributed by atoms with Crippen molar-refractivity contribution in [3.63, 3.8) is 0 Å². The standard InChI is InChI=1S/C17H11FN2O4/c18-11-6-8-15(20(23)24)12(9-11)16(17(21)22)14-7-5-10-3-1-2-4-13(10)19-14/h1-9,19H,(H,21,22)/b16-14-. The lowest BCUT2D eigenvalue weighted by Gasteiger charge is -2.18. The van der Waals surface area contributed by atoms with Gasteiger partial charge in [0, 0.05) is 11.8 Å². The summed E-state index contributed by atoms with van der Waals surface area (Å²) in [6.45, 7) is 0. The van der Waals surface area contributed by atoms with Crippen LogP contribution in [0.4, 0.5) is 15.8 Å². The second kappa shape index (κ2) is 5.96. The highest BCUT2D eigenvalue weighted by Crippen LogP contribution is 2.33. The van der Waals surface area contributed by atoms with Gasteiger partial charge in [-0.15, -0.1) is 0 Å². The highest BCUT2D eigenvalue weighted by molar-refractivity contribution is 6.19. The van der Waals surface area contributed by atoms with Crippen LogP contribution >= 0.6 is 0 Å². The minimum absolute atomic E-state index is 0.148. The Labute approximate surface area is 135 Å². The zero-order chi connectivity index (χ0) is 17.3. The van der Waals surface area contributed by atoms with Crippen molar-refractivity contribution < 1.29 is 19.2 Å². The van der Waals surface area contributed by atoms with Crippen LogP contribution < -0.4 is 5.32 Å². The number of hydrogen-bond donors (Lipinski definition) is 2. The van der Waals surface area contributed by atoms with Gasteiger partial charge in [-0.1, -0.05) is 24.3 Å². The number of rotatable bonds is 3. The molecular weight excluding hydrogens is 315 g/mol. The van der Waals surface area contributed by atoms with Gasteiger partial charge in [0.25, 0.3) is 5.69 Å². The van der Waals surface area contributed by atoms with Crippen molar-refractivity contribution in [2.75, 3.05) is 5.32 Å². The van der Waals surface area contributed by atoms with E-state index in [0.717, 1.165) is 23.8 Å². The summed E-state index contributed by atoms with van der Waals surface area (Å²) < 4.78 is 13.6. The summed E-state index contributed by atoms with van der Waals surface area (Å²) in [5, 5.41) is 23.6. The van der Waals surface area contributed by atoms with Crippen LogP contribution in [0, 0.1) is 15.9 Å². The number of nitro groups is 1. The third-order valence-electron chi connectivity index (χ3n) is 3.57. The fourth-order valence-electron chi connectivity index (χ4n) is 2.51. The molecule has 2 N–H and O–H groups in total. The molecule has 3 rings (SSSR count). The fraction of sp³-hybridized carbons (Fsp3) is 0. The number of halogens is 1. The van der Waals surface area contributed by atoms with E-state index in [1.807, 2.05) is 12.1 Å². The molecular formula is C17H11FN2O4. The Morgan fingerprint density at radius 2 is 1.92 bits per heavy atom. The molecule has 0 aliphatic carbocycles. The molecule has 0 saturated heterocycles. The molecule has 0 aromatic heterocycles. The van der Waals surface area contributed by atoms with Crippen LogP contribution in [0.2, 0.25) is 0 Å². The molecule has 120 valence electrons. The molecule has 0 radical (unpaired) electrons. The molecule has 0 bridgehead atoms. The first-order chi connectivity index (χ1) is 11.5. The van der Waals surface area contributed by atoms with Gasteiger partial charge in [0.1, 0.15) is 5.82 Å². The summed E-state index contributed by atoms with van der Waals surface area (Å²) >= 11 is 0. The molecule has 7 heteroatoms. The van der Waals surface area contributed by atoms with Gasteiger partial charge in [0.05, 0.1) is 21.8 Å². The van der Waals surface area contributed by atoms with Crippen molar-refractivity contribution in [1.82, 2.24) is 0 Å². The lowest BCUT2D eigenvalue weighted by Crippen LogP contribution is -2.12. The highest BCUT2D eigenvalue weighted by atomic mass is 19.1. The molecule has 1 aliphatic rings. The number of para-hydroxylation sites is 1. The summed E-state index contributed by atoms with van der Waals surface area (Å²) in [5.74, 6) is -2.15. The number of nitrogens with one attached hydrogen (secondary N) is 1. The highest BCUT2D eigenvalue weighted by Gasteiger charge is 2.26. The van der Waals surface area contributed by atoms with Gasteiger partial charge in [-0.3, -0.25) is 10.1 Å². The molecule has 1 aliphatic heterocycles. The van der Waals surface area contributed by atoms with Crippen LogP contribution in [-0.4, -0.2) is 16.0 Å². The number of carboxylic acid groups (broad SMARTS) is 1. The maximum absolute atomic E-state index is 13.6. The summed E-state index contributed by atoms with van der Waals surface area (Å²) in [5.41, 5.74) is 0.517. The molecule has 1 heterocycles. The van der Waals surface area contributed by atoms with E-state index in [4.69, 9.17) is 0 Å². The van der Waals surface area contributed by atoms with Gasteiger partial charge in [0.2, 0.25) is 0 Å². The molecule has 2 aromatic rings. The minimum Gasteiger partial charge on any atom is -0.478 e. The number of carboxylic acids is 1. The molecule has 24 heavy (non-hydrogen) atoms. The SMILES string of the molecule is O=C(O)/C(=C1/C=Cc2ccccc2N1)c1cc(F)ccc1[N+](=O)[O-]. The van der Waals surface area contributed by atoms with Crippen LogP contribution in [0.25, 0.3) is 11.6 Å². The number of aliphatic carboxylic acids is 1. The van der Waals surface area contributed by atoms with Crippen LogP contribution in [0.5, 0.6) is 0 Å². The number of carbonyl (C=O) groups is 1. The molecule has 0 atom stereocenters. The van der Waals surface area contributed by atoms with Gasteiger partial charge < -0.3 is 10.4 Å². The van der Waals surface area contributed by atoms with Gasteiger partial charge in [-0.2, -0.15) is 0 Å². The Morgan fingerprint density at radius 3 is 2.62 bits per heavy atom. The second-order valence-corrected chi connectivity index (χ2v) is 5.06. The van der Waals surface area contributed by atoms with Crippen molar-refractivity contribution in [1.29, 1.82) is 0 Å². The quantitative estimate of drug-likeness (QED) is 0.510. The van der Waals surface area contributed by atoms with Gasteiger partial charge in [-0.05, 0) is 29.8 Å². The topological polar surface area (TPSA) is 92.5 Å².